The van der Waals surface area contributed by atoms with Gasteiger partial charge in [-0.15, -0.1) is 0 Å². The van der Waals surface area contributed by atoms with Crippen LogP contribution in [0.25, 0.3) is 0 Å². The van der Waals surface area contributed by atoms with Crippen molar-refractivity contribution in [3.8, 4) is 5.88 Å². The van der Waals surface area contributed by atoms with Crippen LogP contribution in [-0.4, -0.2) is 29.6 Å². The molecule has 0 aliphatic carbocycles. The van der Waals surface area contributed by atoms with Gasteiger partial charge in [0.15, 0.2) is 0 Å². The number of aromatic nitrogens is 1. The largest absolute Gasteiger partial charge is 0.478 e. The van der Waals surface area contributed by atoms with Crippen molar-refractivity contribution < 1.29 is 4.74 Å². The van der Waals surface area contributed by atoms with Crippen LogP contribution < -0.4 is 4.74 Å². The summed E-state index contributed by atoms with van der Waals surface area (Å²) in [4.78, 5) is 6.93. The zero-order valence-corrected chi connectivity index (χ0v) is 10.9. The second-order valence-corrected chi connectivity index (χ2v) is 4.56. The van der Waals surface area contributed by atoms with E-state index in [2.05, 4.69) is 22.9 Å². The molecule has 0 bridgehead atoms. The third kappa shape index (κ3) is 2.97. The summed E-state index contributed by atoms with van der Waals surface area (Å²) in [6.45, 7) is 7.32. The Bertz CT molecular complexity index is 337. The SMILES string of the molecule is CCCN1CCC[C@@H]1c1ccc(OCC)nc1. The third-order valence-electron chi connectivity index (χ3n) is 3.31. The summed E-state index contributed by atoms with van der Waals surface area (Å²) in [5, 5.41) is 0. The molecule has 0 aromatic carbocycles. The van der Waals surface area contributed by atoms with Crippen molar-refractivity contribution in [3.63, 3.8) is 0 Å². The molecule has 0 N–H and O–H groups in total. The maximum absolute atomic E-state index is 5.37. The van der Waals surface area contributed by atoms with Gasteiger partial charge in [0.1, 0.15) is 0 Å². The van der Waals surface area contributed by atoms with Gasteiger partial charge in [0, 0.05) is 18.3 Å². The van der Waals surface area contributed by atoms with Gasteiger partial charge in [-0.25, -0.2) is 4.98 Å². The van der Waals surface area contributed by atoms with E-state index < -0.39 is 0 Å². The van der Waals surface area contributed by atoms with Crippen molar-refractivity contribution in [1.82, 2.24) is 9.88 Å². The van der Waals surface area contributed by atoms with E-state index in [1.807, 2.05) is 19.2 Å². The highest BCUT2D eigenvalue weighted by atomic mass is 16.5. The summed E-state index contributed by atoms with van der Waals surface area (Å²) in [6.07, 6.45) is 5.76. The molecule has 1 aliphatic heterocycles. The molecule has 0 radical (unpaired) electrons. The number of rotatable bonds is 5. The van der Waals surface area contributed by atoms with Crippen LogP contribution in [0.5, 0.6) is 5.88 Å². The first-order chi connectivity index (χ1) is 8.35. The molecule has 17 heavy (non-hydrogen) atoms. The Morgan fingerprint density at radius 3 is 2.94 bits per heavy atom. The van der Waals surface area contributed by atoms with Crippen LogP contribution in [0.1, 0.15) is 44.7 Å². The first kappa shape index (κ1) is 12.4. The summed E-state index contributed by atoms with van der Waals surface area (Å²) in [5.41, 5.74) is 1.33. The zero-order chi connectivity index (χ0) is 12.1. The monoisotopic (exact) mass is 234 g/mol. The molecule has 1 aromatic rings. The number of pyridine rings is 1. The van der Waals surface area contributed by atoms with Crippen molar-refractivity contribution in [3.05, 3.63) is 23.9 Å². The van der Waals surface area contributed by atoms with E-state index in [0.29, 0.717) is 12.6 Å². The Morgan fingerprint density at radius 2 is 2.29 bits per heavy atom. The minimum Gasteiger partial charge on any atom is -0.478 e. The molecule has 0 spiro atoms. The second kappa shape index (κ2) is 6.01. The summed E-state index contributed by atoms with van der Waals surface area (Å²) in [5.74, 6) is 0.733. The number of nitrogens with zero attached hydrogens (tertiary/aromatic N) is 2. The number of hydrogen-bond acceptors (Lipinski definition) is 3. The van der Waals surface area contributed by atoms with Gasteiger partial charge in [-0.2, -0.15) is 0 Å². The van der Waals surface area contributed by atoms with E-state index in [-0.39, 0.29) is 0 Å². The van der Waals surface area contributed by atoms with Crippen molar-refractivity contribution in [2.75, 3.05) is 19.7 Å². The fraction of sp³-hybridized carbons (Fsp3) is 0.643. The smallest absolute Gasteiger partial charge is 0.213 e. The van der Waals surface area contributed by atoms with Gasteiger partial charge in [0.2, 0.25) is 5.88 Å². The van der Waals surface area contributed by atoms with Crippen molar-refractivity contribution >= 4 is 0 Å². The Balaban J connectivity index is 2.05. The molecule has 1 saturated heterocycles. The van der Waals surface area contributed by atoms with Crippen LogP contribution in [0.2, 0.25) is 0 Å². The van der Waals surface area contributed by atoms with Gasteiger partial charge in [0.05, 0.1) is 6.61 Å². The van der Waals surface area contributed by atoms with Gasteiger partial charge in [-0.05, 0) is 44.8 Å². The molecule has 0 unspecified atom stereocenters. The van der Waals surface area contributed by atoms with Crippen LogP contribution in [0, 0.1) is 0 Å². The molecule has 1 atom stereocenters. The lowest BCUT2D eigenvalue weighted by atomic mass is 10.1. The van der Waals surface area contributed by atoms with E-state index in [0.717, 1.165) is 5.88 Å². The topological polar surface area (TPSA) is 25.4 Å². The molecule has 1 fully saturated rings. The van der Waals surface area contributed by atoms with Crippen LogP contribution in [0.3, 0.4) is 0 Å². The molecule has 1 aliphatic rings. The quantitative estimate of drug-likeness (QED) is 0.783. The minimum absolute atomic E-state index is 0.568. The molecule has 1 aromatic heterocycles. The molecule has 3 nitrogen and oxygen atoms in total. The Kier molecular flexibility index (Phi) is 4.37. The Morgan fingerprint density at radius 1 is 1.41 bits per heavy atom. The lowest BCUT2D eigenvalue weighted by molar-refractivity contribution is 0.257. The van der Waals surface area contributed by atoms with Crippen LogP contribution in [0.4, 0.5) is 0 Å². The van der Waals surface area contributed by atoms with E-state index >= 15 is 0 Å². The number of hydrogen-bond donors (Lipinski definition) is 0. The summed E-state index contributed by atoms with van der Waals surface area (Å²) in [7, 11) is 0. The predicted molar refractivity (Wildman–Crippen MR) is 69.2 cm³/mol. The number of likely N-dealkylation sites (tertiary alicyclic amines) is 1. The van der Waals surface area contributed by atoms with Crippen LogP contribution in [0.15, 0.2) is 18.3 Å². The maximum atomic E-state index is 5.37. The van der Waals surface area contributed by atoms with E-state index in [1.54, 1.807) is 0 Å². The van der Waals surface area contributed by atoms with Crippen molar-refractivity contribution in [2.45, 2.75) is 39.2 Å². The lowest BCUT2D eigenvalue weighted by Gasteiger charge is -2.23. The second-order valence-electron chi connectivity index (χ2n) is 4.56. The zero-order valence-electron chi connectivity index (χ0n) is 10.9. The average Bonchev–Trinajstić information content (AvgIpc) is 2.79. The average molecular weight is 234 g/mol. The maximum Gasteiger partial charge on any atom is 0.213 e. The number of ether oxygens (including phenoxy) is 1. The standard InChI is InChI=1S/C14H22N2O/c1-3-9-16-10-5-6-13(16)12-7-8-14(15-11-12)17-4-2/h7-8,11,13H,3-6,9-10H2,1-2H3/t13-/m1/s1. The molecule has 94 valence electrons. The highest BCUT2D eigenvalue weighted by molar-refractivity contribution is 5.21. The van der Waals surface area contributed by atoms with Crippen LogP contribution in [-0.2, 0) is 0 Å². The van der Waals surface area contributed by atoms with Crippen molar-refractivity contribution in [2.24, 2.45) is 0 Å². The van der Waals surface area contributed by atoms with Crippen molar-refractivity contribution in [1.29, 1.82) is 0 Å². The molecule has 2 rings (SSSR count). The summed E-state index contributed by atoms with van der Waals surface area (Å²) >= 11 is 0. The van der Waals surface area contributed by atoms with E-state index in [4.69, 9.17) is 4.74 Å². The van der Waals surface area contributed by atoms with Gasteiger partial charge in [-0.3, -0.25) is 4.90 Å². The third-order valence-corrected chi connectivity index (χ3v) is 3.31. The first-order valence-corrected chi connectivity index (χ1v) is 6.68. The predicted octanol–water partition coefficient (Wildman–Crippen LogP) is 3.03. The van der Waals surface area contributed by atoms with Gasteiger partial charge >= 0.3 is 0 Å². The summed E-state index contributed by atoms with van der Waals surface area (Å²) < 4.78 is 5.37. The Hall–Kier alpha value is -1.09. The minimum atomic E-state index is 0.568. The van der Waals surface area contributed by atoms with Gasteiger partial charge < -0.3 is 4.74 Å². The highest BCUT2D eigenvalue weighted by Crippen LogP contribution is 2.31. The molecule has 2 heterocycles. The lowest BCUT2D eigenvalue weighted by Crippen LogP contribution is -2.24. The van der Waals surface area contributed by atoms with E-state index in [1.165, 1.54) is 37.9 Å². The van der Waals surface area contributed by atoms with E-state index in [9.17, 15) is 0 Å². The summed E-state index contributed by atoms with van der Waals surface area (Å²) in [6, 6.07) is 4.72. The first-order valence-electron chi connectivity index (χ1n) is 6.68. The molecular formula is C14H22N2O. The highest BCUT2D eigenvalue weighted by Gasteiger charge is 2.25. The Labute approximate surface area is 104 Å². The fourth-order valence-electron chi connectivity index (χ4n) is 2.58. The van der Waals surface area contributed by atoms with Gasteiger partial charge in [0.25, 0.3) is 0 Å². The van der Waals surface area contributed by atoms with Crippen LogP contribution >= 0.6 is 0 Å². The normalized spacial score (nSPS) is 20.7. The molecule has 0 amide bonds. The molecule has 0 saturated carbocycles. The van der Waals surface area contributed by atoms with Gasteiger partial charge in [-0.1, -0.05) is 13.0 Å². The molecule has 3 heteroatoms. The fourth-order valence-corrected chi connectivity index (χ4v) is 2.58. The molecular weight excluding hydrogens is 212 g/mol.